The normalized spacial score (nSPS) is 8.58. The van der Waals surface area contributed by atoms with E-state index in [1.807, 2.05) is 6.92 Å². The van der Waals surface area contributed by atoms with Gasteiger partial charge in [-0.25, -0.2) is 4.98 Å². The van der Waals surface area contributed by atoms with Gasteiger partial charge in [-0.1, -0.05) is 27.2 Å². The fourth-order valence-electron chi connectivity index (χ4n) is 0.594. The molecule has 1 aromatic heterocycles. The smallest absolute Gasteiger partial charge is 0.142 e. The second kappa shape index (κ2) is 6.58. The molecule has 0 aliphatic rings. The van der Waals surface area contributed by atoms with Gasteiger partial charge in [-0.2, -0.15) is 0 Å². The largest absolute Gasteiger partial charge is 0.382 e. The average molecular weight is 167 g/mol. The standard InChI is InChI=1S/C6H9N3.C3H8/c1-2-5-3-8-4-6(7)9-5;1-3-2/h3-4H,2H2,1H3,(H2,7,9);3H2,1-2H3. The predicted octanol–water partition coefficient (Wildman–Crippen LogP) is 2.04. The second-order valence-electron chi connectivity index (χ2n) is 2.50. The van der Waals surface area contributed by atoms with E-state index < -0.39 is 0 Å². The molecule has 0 spiro atoms. The number of aromatic nitrogens is 2. The Kier molecular flexibility index (Phi) is 5.97. The minimum atomic E-state index is 0.495. The highest BCUT2D eigenvalue weighted by molar-refractivity contribution is 5.23. The van der Waals surface area contributed by atoms with E-state index in [0.717, 1.165) is 12.1 Å². The molecule has 0 unspecified atom stereocenters. The highest BCUT2D eigenvalue weighted by Crippen LogP contribution is 1.96. The van der Waals surface area contributed by atoms with Gasteiger partial charge in [0.2, 0.25) is 0 Å². The zero-order valence-electron chi connectivity index (χ0n) is 8.04. The van der Waals surface area contributed by atoms with Gasteiger partial charge in [-0.15, -0.1) is 0 Å². The monoisotopic (exact) mass is 167 g/mol. The summed E-state index contributed by atoms with van der Waals surface area (Å²) in [4.78, 5) is 7.87. The Bertz CT molecular complexity index is 211. The third-order valence-corrected chi connectivity index (χ3v) is 1.07. The molecule has 1 aromatic rings. The van der Waals surface area contributed by atoms with Crippen molar-refractivity contribution in [1.82, 2.24) is 9.97 Å². The molecule has 0 radical (unpaired) electrons. The lowest BCUT2D eigenvalue weighted by Crippen LogP contribution is -1.94. The number of anilines is 1. The quantitative estimate of drug-likeness (QED) is 0.696. The van der Waals surface area contributed by atoms with Gasteiger partial charge in [0.25, 0.3) is 0 Å². The lowest BCUT2D eigenvalue weighted by molar-refractivity contribution is 1.01. The Balaban J connectivity index is 0.000000354. The van der Waals surface area contributed by atoms with Crippen LogP contribution in [0.15, 0.2) is 12.4 Å². The molecule has 0 saturated carbocycles. The lowest BCUT2D eigenvalue weighted by atomic mass is 10.4. The predicted molar refractivity (Wildman–Crippen MR) is 51.8 cm³/mol. The Hall–Kier alpha value is -1.12. The van der Waals surface area contributed by atoms with Crippen molar-refractivity contribution in [2.45, 2.75) is 33.6 Å². The molecule has 0 amide bonds. The summed E-state index contributed by atoms with van der Waals surface area (Å²) in [5.41, 5.74) is 6.30. The van der Waals surface area contributed by atoms with E-state index in [1.165, 1.54) is 6.42 Å². The van der Waals surface area contributed by atoms with Crippen LogP contribution in [0.1, 0.15) is 32.9 Å². The number of nitrogens with two attached hydrogens (primary N) is 1. The third kappa shape index (κ3) is 4.66. The summed E-state index contributed by atoms with van der Waals surface area (Å²) < 4.78 is 0. The molecule has 0 fully saturated rings. The molecule has 0 atom stereocenters. The van der Waals surface area contributed by atoms with Crippen molar-refractivity contribution in [3.8, 4) is 0 Å². The molecule has 0 bridgehead atoms. The maximum Gasteiger partial charge on any atom is 0.142 e. The Morgan fingerprint density at radius 1 is 1.25 bits per heavy atom. The van der Waals surface area contributed by atoms with Crippen LogP contribution >= 0.6 is 0 Å². The number of nitrogens with zero attached hydrogens (tertiary/aromatic N) is 2. The first kappa shape index (κ1) is 10.9. The van der Waals surface area contributed by atoms with Crippen LogP contribution in [0.5, 0.6) is 0 Å². The van der Waals surface area contributed by atoms with E-state index in [9.17, 15) is 0 Å². The van der Waals surface area contributed by atoms with Crippen molar-refractivity contribution in [1.29, 1.82) is 0 Å². The molecule has 0 aliphatic carbocycles. The average Bonchev–Trinajstić information content (AvgIpc) is 2.06. The molecule has 0 saturated heterocycles. The van der Waals surface area contributed by atoms with Crippen molar-refractivity contribution in [3.63, 3.8) is 0 Å². The highest BCUT2D eigenvalue weighted by Gasteiger charge is 1.89. The molecule has 0 aromatic carbocycles. The van der Waals surface area contributed by atoms with E-state index in [2.05, 4.69) is 23.8 Å². The van der Waals surface area contributed by atoms with Gasteiger partial charge >= 0.3 is 0 Å². The zero-order chi connectivity index (χ0) is 9.40. The van der Waals surface area contributed by atoms with Crippen molar-refractivity contribution >= 4 is 5.82 Å². The van der Waals surface area contributed by atoms with E-state index in [1.54, 1.807) is 12.4 Å². The fraction of sp³-hybridized carbons (Fsp3) is 0.556. The highest BCUT2D eigenvalue weighted by atomic mass is 14.9. The minimum absolute atomic E-state index is 0.495. The fourth-order valence-corrected chi connectivity index (χ4v) is 0.594. The molecule has 12 heavy (non-hydrogen) atoms. The number of hydrogen-bond donors (Lipinski definition) is 1. The van der Waals surface area contributed by atoms with E-state index in [4.69, 9.17) is 5.73 Å². The van der Waals surface area contributed by atoms with Crippen LogP contribution in [0.3, 0.4) is 0 Å². The van der Waals surface area contributed by atoms with Gasteiger partial charge in [0.1, 0.15) is 5.82 Å². The van der Waals surface area contributed by atoms with Crippen LogP contribution in [-0.4, -0.2) is 9.97 Å². The Morgan fingerprint density at radius 2 is 1.83 bits per heavy atom. The first-order valence-electron chi connectivity index (χ1n) is 4.30. The first-order chi connectivity index (χ1) is 5.74. The van der Waals surface area contributed by atoms with Crippen LogP contribution in [0, 0.1) is 0 Å². The summed E-state index contributed by atoms with van der Waals surface area (Å²) in [6, 6.07) is 0. The van der Waals surface area contributed by atoms with E-state index in [0.29, 0.717) is 5.82 Å². The first-order valence-corrected chi connectivity index (χ1v) is 4.30. The van der Waals surface area contributed by atoms with Crippen molar-refractivity contribution in [2.75, 3.05) is 5.73 Å². The van der Waals surface area contributed by atoms with Gasteiger partial charge < -0.3 is 5.73 Å². The molecule has 3 nitrogen and oxygen atoms in total. The van der Waals surface area contributed by atoms with E-state index >= 15 is 0 Å². The summed E-state index contributed by atoms with van der Waals surface area (Å²) in [7, 11) is 0. The van der Waals surface area contributed by atoms with Gasteiger partial charge in [0, 0.05) is 6.20 Å². The van der Waals surface area contributed by atoms with Gasteiger partial charge in [-0.05, 0) is 6.42 Å². The van der Waals surface area contributed by atoms with Gasteiger partial charge in [-0.3, -0.25) is 4.98 Å². The van der Waals surface area contributed by atoms with Crippen molar-refractivity contribution < 1.29 is 0 Å². The Labute approximate surface area is 74.0 Å². The third-order valence-electron chi connectivity index (χ3n) is 1.07. The van der Waals surface area contributed by atoms with Crippen LogP contribution in [0.2, 0.25) is 0 Å². The summed E-state index contributed by atoms with van der Waals surface area (Å²) in [6.45, 7) is 6.27. The maximum atomic E-state index is 5.36. The molecular weight excluding hydrogens is 150 g/mol. The van der Waals surface area contributed by atoms with Crippen LogP contribution in [-0.2, 0) is 6.42 Å². The summed E-state index contributed by atoms with van der Waals surface area (Å²) in [5.74, 6) is 0.495. The second-order valence-corrected chi connectivity index (χ2v) is 2.50. The lowest BCUT2D eigenvalue weighted by Gasteiger charge is -1.93. The Morgan fingerprint density at radius 3 is 2.17 bits per heavy atom. The van der Waals surface area contributed by atoms with Crippen LogP contribution in [0.4, 0.5) is 5.82 Å². The summed E-state index contributed by atoms with van der Waals surface area (Å²) >= 11 is 0. The van der Waals surface area contributed by atoms with Crippen molar-refractivity contribution in [3.05, 3.63) is 18.1 Å². The topological polar surface area (TPSA) is 51.8 Å². The number of nitrogen functional groups attached to an aromatic ring is 1. The maximum absolute atomic E-state index is 5.36. The SMILES string of the molecule is CCC.CCc1cncc(N)n1. The minimum Gasteiger partial charge on any atom is -0.382 e. The molecule has 1 heterocycles. The van der Waals surface area contributed by atoms with Gasteiger partial charge in [0.05, 0.1) is 11.9 Å². The molecule has 68 valence electrons. The molecule has 2 N–H and O–H groups in total. The number of aryl methyl sites for hydroxylation is 1. The molecule has 0 aliphatic heterocycles. The molecule has 1 rings (SSSR count). The number of rotatable bonds is 1. The van der Waals surface area contributed by atoms with Gasteiger partial charge in [0.15, 0.2) is 0 Å². The zero-order valence-corrected chi connectivity index (χ0v) is 8.04. The van der Waals surface area contributed by atoms with Crippen LogP contribution in [0.25, 0.3) is 0 Å². The number of hydrogen-bond acceptors (Lipinski definition) is 3. The molecule has 3 heteroatoms. The summed E-state index contributed by atoms with van der Waals surface area (Å²) in [5, 5.41) is 0. The summed E-state index contributed by atoms with van der Waals surface area (Å²) in [6.07, 6.45) is 5.40. The molecular formula is C9H17N3. The van der Waals surface area contributed by atoms with Crippen LogP contribution < -0.4 is 5.73 Å². The van der Waals surface area contributed by atoms with Crippen molar-refractivity contribution in [2.24, 2.45) is 0 Å². The van der Waals surface area contributed by atoms with E-state index in [-0.39, 0.29) is 0 Å².